The molecule has 13 heteroatoms. The van der Waals surface area contributed by atoms with Gasteiger partial charge in [0.2, 0.25) is 0 Å². The molecule has 0 rings (SSSR count). The smallest absolute Gasteiger partial charge is 0.417 e. The molecule has 0 radical (unpaired) electrons. The fourth-order valence-corrected chi connectivity index (χ4v) is 21.1. The van der Waals surface area contributed by atoms with Crippen LogP contribution in [0.3, 0.4) is 0 Å². The van der Waals surface area contributed by atoms with E-state index in [4.69, 9.17) is 25.0 Å². The minimum absolute atomic E-state index is 1.13. The summed E-state index contributed by atoms with van der Waals surface area (Å²) >= 11 is 0. The average Bonchev–Trinajstić information content (AvgIpc) is 2.51. The van der Waals surface area contributed by atoms with E-state index in [1.165, 1.54) is 0 Å². The highest BCUT2D eigenvalue weighted by atomic mass is 28.5. The number of rotatable bonds is 13. The monoisotopic (exact) mass is 516 g/mol. The Hall–Kier alpha value is 0.758. The topological polar surface area (TPSA) is 55.4 Å². The Labute approximate surface area is 184 Å². The standard InChI is InChI=1S/C8H24O3Si4.C7H20O3Si3/c1-8-15(9-12(2)3,10-13(4)5)11-14(6)7;1-7-13(8-2,9-11(3)4)10-12(5)6/h8,12-14H,1H2,2-7H3;7,11-12H,1H2,2-6H3. The lowest BCUT2D eigenvalue weighted by molar-refractivity contribution is 0.224. The van der Waals surface area contributed by atoms with Gasteiger partial charge < -0.3 is 25.0 Å². The zero-order valence-electron chi connectivity index (χ0n) is 19.9. The van der Waals surface area contributed by atoms with Crippen molar-refractivity contribution in [2.75, 3.05) is 7.11 Å². The molecule has 0 heterocycles. The molecule has 0 aromatic heterocycles. The quantitative estimate of drug-likeness (QED) is 0.351. The first-order valence-electron chi connectivity index (χ1n) is 9.98. The van der Waals surface area contributed by atoms with Crippen LogP contribution in [0.4, 0.5) is 0 Å². The lowest BCUT2D eigenvalue weighted by atomic mass is 11.3. The van der Waals surface area contributed by atoms with Crippen LogP contribution in [0.15, 0.2) is 24.6 Å². The fourth-order valence-electron chi connectivity index (χ4n) is 2.17. The molecule has 0 N–H and O–H groups in total. The first-order valence-corrected chi connectivity index (χ1v) is 27.5. The largest absolute Gasteiger partial charge is 0.507 e. The second kappa shape index (κ2) is 15.5. The summed E-state index contributed by atoms with van der Waals surface area (Å²) in [5.41, 5.74) is 3.53. The Balaban J connectivity index is 0. The molecule has 0 saturated heterocycles. The van der Waals surface area contributed by atoms with Gasteiger partial charge in [-0.3, -0.25) is 0 Å². The molecular weight excluding hydrogens is 473 g/mol. The van der Waals surface area contributed by atoms with E-state index in [-0.39, 0.29) is 0 Å². The first kappa shape index (κ1) is 30.9. The van der Waals surface area contributed by atoms with Crippen molar-refractivity contribution in [3.05, 3.63) is 24.6 Å². The highest BCUT2D eigenvalue weighted by molar-refractivity contribution is 6.83. The predicted octanol–water partition coefficient (Wildman–Crippen LogP) is 2.95. The number of hydrogen-bond donors (Lipinski definition) is 0. The van der Waals surface area contributed by atoms with Crippen molar-refractivity contribution in [1.29, 1.82) is 0 Å². The summed E-state index contributed by atoms with van der Waals surface area (Å²) in [6, 6.07) is 0. The van der Waals surface area contributed by atoms with E-state index < -0.39 is 62.8 Å². The van der Waals surface area contributed by atoms with Crippen molar-refractivity contribution >= 4 is 62.8 Å². The zero-order valence-corrected chi connectivity index (χ0v) is 27.7. The Kier molecular flexibility index (Phi) is 17.2. The van der Waals surface area contributed by atoms with Gasteiger partial charge in [-0.05, 0) is 76.9 Å². The minimum atomic E-state index is -2.51. The highest BCUT2D eigenvalue weighted by Gasteiger charge is 2.40. The van der Waals surface area contributed by atoms with Gasteiger partial charge in [-0.25, -0.2) is 0 Å². The van der Waals surface area contributed by atoms with Gasteiger partial charge >= 0.3 is 17.6 Å². The van der Waals surface area contributed by atoms with Crippen LogP contribution >= 0.6 is 0 Å². The molecule has 0 aromatic rings. The van der Waals surface area contributed by atoms with E-state index in [9.17, 15) is 0 Å². The van der Waals surface area contributed by atoms with Crippen molar-refractivity contribution in [2.24, 2.45) is 0 Å². The van der Waals surface area contributed by atoms with E-state index in [1.807, 2.05) is 0 Å². The summed E-state index contributed by atoms with van der Waals surface area (Å²) < 4.78 is 34.9. The van der Waals surface area contributed by atoms with Gasteiger partial charge in [-0.1, -0.05) is 6.58 Å². The molecule has 0 spiro atoms. The van der Waals surface area contributed by atoms with E-state index in [1.54, 1.807) is 18.5 Å². The summed E-state index contributed by atoms with van der Waals surface area (Å²) in [5.74, 6) is 0. The SMILES string of the molecule is C=C[Si](OC)(O[SiH](C)C)O[SiH](C)C.C=C[Si](O[SiH](C)C)(O[SiH](C)C)O[SiH](C)C. The Bertz CT molecular complexity index is 399. The summed E-state index contributed by atoms with van der Waals surface area (Å²) in [4.78, 5) is 0. The van der Waals surface area contributed by atoms with E-state index in [0.717, 1.165) is 0 Å². The van der Waals surface area contributed by atoms with Crippen molar-refractivity contribution in [3.8, 4) is 0 Å². The van der Waals surface area contributed by atoms with E-state index in [2.05, 4.69) is 78.6 Å². The predicted molar refractivity (Wildman–Crippen MR) is 139 cm³/mol. The van der Waals surface area contributed by atoms with Crippen LogP contribution in [0.25, 0.3) is 0 Å². The van der Waals surface area contributed by atoms with Crippen molar-refractivity contribution in [2.45, 2.75) is 65.5 Å². The van der Waals surface area contributed by atoms with Crippen LogP contribution in [0, 0.1) is 0 Å². The molecule has 0 amide bonds. The maximum absolute atomic E-state index is 5.99. The van der Waals surface area contributed by atoms with Crippen LogP contribution in [-0.2, 0) is 25.0 Å². The third kappa shape index (κ3) is 14.7. The summed E-state index contributed by atoms with van der Waals surface area (Å²) in [7, 11) is -9.04. The normalized spacial score (nSPS) is 12.7. The molecule has 0 aliphatic heterocycles. The molecular formula is C15H44O6Si7. The lowest BCUT2D eigenvalue weighted by Crippen LogP contribution is -2.51. The van der Waals surface area contributed by atoms with Gasteiger partial charge in [0.25, 0.3) is 0 Å². The van der Waals surface area contributed by atoms with Crippen LogP contribution in [0.1, 0.15) is 0 Å². The maximum Gasteiger partial charge on any atom is 0.507 e. The van der Waals surface area contributed by atoms with Crippen molar-refractivity contribution in [1.82, 2.24) is 0 Å². The van der Waals surface area contributed by atoms with Crippen LogP contribution in [0.2, 0.25) is 65.5 Å². The van der Waals surface area contributed by atoms with E-state index in [0.29, 0.717) is 0 Å². The molecule has 0 unspecified atom stereocenters. The van der Waals surface area contributed by atoms with Gasteiger partial charge in [0.1, 0.15) is 0 Å². The van der Waals surface area contributed by atoms with Crippen LogP contribution < -0.4 is 0 Å². The molecule has 6 nitrogen and oxygen atoms in total. The molecule has 0 bridgehead atoms. The average molecular weight is 517 g/mol. The number of hydrogen-bond acceptors (Lipinski definition) is 6. The van der Waals surface area contributed by atoms with Gasteiger partial charge in [0.15, 0.2) is 45.2 Å². The fraction of sp³-hybridized carbons (Fsp3) is 0.733. The molecule has 0 saturated carbocycles. The van der Waals surface area contributed by atoms with Gasteiger partial charge in [0.05, 0.1) is 0 Å². The minimum Gasteiger partial charge on any atom is -0.417 e. The molecule has 0 aromatic carbocycles. The summed E-state index contributed by atoms with van der Waals surface area (Å²) in [6.07, 6.45) is 0. The van der Waals surface area contributed by atoms with E-state index >= 15 is 0 Å². The first-order chi connectivity index (χ1) is 12.8. The summed E-state index contributed by atoms with van der Waals surface area (Å²) in [6.45, 7) is 28.9. The van der Waals surface area contributed by atoms with Crippen molar-refractivity contribution in [3.63, 3.8) is 0 Å². The Morgan fingerprint density at radius 2 is 0.714 bits per heavy atom. The van der Waals surface area contributed by atoms with Gasteiger partial charge in [0, 0.05) is 7.11 Å². The van der Waals surface area contributed by atoms with Crippen LogP contribution in [-0.4, -0.2) is 69.9 Å². The third-order valence-electron chi connectivity index (χ3n) is 2.78. The second-order valence-corrected chi connectivity index (χ2v) is 26.5. The Morgan fingerprint density at radius 1 is 0.500 bits per heavy atom. The molecule has 0 fully saturated rings. The molecule has 0 aliphatic rings. The zero-order chi connectivity index (χ0) is 22.5. The van der Waals surface area contributed by atoms with Crippen LogP contribution in [0.5, 0.6) is 0 Å². The molecule has 0 atom stereocenters. The summed E-state index contributed by atoms with van der Waals surface area (Å²) in [5, 5.41) is 0. The third-order valence-corrected chi connectivity index (χ3v) is 20.4. The van der Waals surface area contributed by atoms with Gasteiger partial charge in [-0.15, -0.1) is 6.58 Å². The van der Waals surface area contributed by atoms with Gasteiger partial charge in [-0.2, -0.15) is 0 Å². The van der Waals surface area contributed by atoms with Crippen molar-refractivity contribution < 1.29 is 25.0 Å². The lowest BCUT2D eigenvalue weighted by Gasteiger charge is -2.32. The molecule has 28 heavy (non-hydrogen) atoms. The second-order valence-electron chi connectivity index (χ2n) is 7.65. The maximum atomic E-state index is 5.99. The molecule has 0 aliphatic carbocycles. The highest BCUT2D eigenvalue weighted by Crippen LogP contribution is 2.16. The Morgan fingerprint density at radius 3 is 0.857 bits per heavy atom. The molecule has 168 valence electrons.